The van der Waals surface area contributed by atoms with Gasteiger partial charge in [0.25, 0.3) is 0 Å². The van der Waals surface area contributed by atoms with E-state index in [1.165, 1.54) is 12.8 Å². The van der Waals surface area contributed by atoms with Crippen molar-refractivity contribution >= 4 is 42.1 Å². The monoisotopic (exact) mass is 434 g/mol. The van der Waals surface area contributed by atoms with Crippen LogP contribution < -0.4 is 11.1 Å². The summed E-state index contributed by atoms with van der Waals surface area (Å²) in [4.78, 5) is 16.9. The van der Waals surface area contributed by atoms with Crippen LogP contribution in [-0.2, 0) is 4.79 Å². The molecule has 0 spiro atoms. The summed E-state index contributed by atoms with van der Waals surface area (Å²) in [5, 5.41) is 2.98. The number of hydrogen-bond donors (Lipinski definition) is 2. The lowest BCUT2D eigenvalue weighted by molar-refractivity contribution is -0.118. The van der Waals surface area contributed by atoms with Crippen molar-refractivity contribution in [3.05, 3.63) is 54.9 Å². The van der Waals surface area contributed by atoms with Crippen LogP contribution in [0.15, 0.2) is 54.9 Å². The highest BCUT2D eigenvalue weighted by molar-refractivity contribution is 5.95. The summed E-state index contributed by atoms with van der Waals surface area (Å²) >= 11 is 0. The van der Waals surface area contributed by atoms with Crippen LogP contribution in [0.5, 0.6) is 0 Å². The Balaban J connectivity index is 0.00000150. The molecule has 4 rings (SSSR count). The number of imidazole rings is 1. The highest BCUT2D eigenvalue weighted by atomic mass is 35.5. The summed E-state index contributed by atoms with van der Waals surface area (Å²) in [7, 11) is 0. The van der Waals surface area contributed by atoms with Crippen molar-refractivity contribution in [3.63, 3.8) is 0 Å². The molecular weight excluding hydrogens is 407 g/mol. The van der Waals surface area contributed by atoms with Gasteiger partial charge in [-0.05, 0) is 54.5 Å². The van der Waals surface area contributed by atoms with Crippen LogP contribution in [0.1, 0.15) is 32.6 Å². The number of nitrogens with one attached hydrogen (secondary N) is 1. The minimum absolute atomic E-state index is 0. The van der Waals surface area contributed by atoms with Crippen molar-refractivity contribution in [2.45, 2.75) is 38.6 Å². The zero-order valence-corrected chi connectivity index (χ0v) is 18.1. The number of fused-ring (bicyclic) bond motifs is 1. The number of halogens is 2. The zero-order valence-electron chi connectivity index (χ0n) is 16.5. The van der Waals surface area contributed by atoms with Crippen molar-refractivity contribution < 1.29 is 4.79 Å². The van der Waals surface area contributed by atoms with E-state index in [9.17, 15) is 4.79 Å². The minimum Gasteiger partial charge on any atom is -0.325 e. The number of nitrogens with two attached hydrogens (primary N) is 1. The van der Waals surface area contributed by atoms with E-state index in [0.29, 0.717) is 5.92 Å². The first kappa shape index (κ1) is 23.2. The summed E-state index contributed by atoms with van der Waals surface area (Å²) in [5.41, 5.74) is 10.1. The second-order valence-electron chi connectivity index (χ2n) is 7.68. The third-order valence-corrected chi connectivity index (χ3v) is 5.75. The Morgan fingerprint density at radius 1 is 1.10 bits per heavy atom. The van der Waals surface area contributed by atoms with Gasteiger partial charge in [-0.3, -0.25) is 9.20 Å². The second kappa shape index (κ2) is 10.1. The third kappa shape index (κ3) is 5.10. The third-order valence-electron chi connectivity index (χ3n) is 5.75. The van der Waals surface area contributed by atoms with Crippen LogP contribution in [0.2, 0.25) is 0 Å². The Labute approximate surface area is 183 Å². The van der Waals surface area contributed by atoms with E-state index in [4.69, 9.17) is 5.73 Å². The molecule has 2 aromatic heterocycles. The first-order chi connectivity index (χ1) is 13.1. The summed E-state index contributed by atoms with van der Waals surface area (Å²) < 4.78 is 2.05. The van der Waals surface area contributed by atoms with Crippen LogP contribution in [0, 0.1) is 11.8 Å². The minimum atomic E-state index is -0.433. The molecule has 1 unspecified atom stereocenters. The normalized spacial score (nSPS) is 19.7. The largest absolute Gasteiger partial charge is 0.325 e. The molecule has 1 atom stereocenters. The predicted octanol–water partition coefficient (Wildman–Crippen LogP) is 4.94. The maximum Gasteiger partial charge on any atom is 0.241 e. The molecular formula is C22H28Cl2N4O. The Morgan fingerprint density at radius 2 is 1.79 bits per heavy atom. The molecule has 1 aliphatic carbocycles. The van der Waals surface area contributed by atoms with E-state index in [1.807, 2.05) is 47.0 Å². The van der Waals surface area contributed by atoms with E-state index < -0.39 is 6.04 Å². The van der Waals surface area contributed by atoms with Gasteiger partial charge in [0.2, 0.25) is 5.91 Å². The molecule has 1 aromatic carbocycles. The molecule has 29 heavy (non-hydrogen) atoms. The Kier molecular flexibility index (Phi) is 8.08. The van der Waals surface area contributed by atoms with E-state index in [-0.39, 0.29) is 30.7 Å². The van der Waals surface area contributed by atoms with E-state index in [2.05, 4.69) is 23.3 Å². The van der Waals surface area contributed by atoms with Crippen molar-refractivity contribution in [3.8, 4) is 11.3 Å². The topological polar surface area (TPSA) is 72.4 Å². The molecule has 0 aliphatic heterocycles. The van der Waals surface area contributed by atoms with Crippen LogP contribution in [-0.4, -0.2) is 21.3 Å². The Hall–Kier alpha value is -2.08. The standard InChI is InChI=1S/C22H26N4O.2ClH/c1-15-5-7-17(8-6-15)21(23)22(27)25-18-11-9-16(10-12-18)19-3-2-4-20-24-13-14-26(19)20;;/h2-4,9-15,17,21H,5-8,23H2,1H3,(H,25,27);2*1H. The quantitative estimate of drug-likeness (QED) is 0.610. The lowest BCUT2D eigenvalue weighted by atomic mass is 9.79. The van der Waals surface area contributed by atoms with Crippen molar-refractivity contribution in [1.29, 1.82) is 0 Å². The molecule has 3 aromatic rings. The highest BCUT2D eigenvalue weighted by Crippen LogP contribution is 2.30. The number of nitrogens with zero attached hydrogens (tertiary/aromatic N) is 2. The SMILES string of the molecule is CC1CCC(C(N)C(=O)Nc2ccc(-c3cccc4nccn34)cc2)CC1.Cl.Cl. The number of pyridine rings is 1. The number of carbonyl (C=O) groups is 1. The fraction of sp³-hybridized carbons (Fsp3) is 0.364. The molecule has 0 bridgehead atoms. The molecule has 7 heteroatoms. The molecule has 0 radical (unpaired) electrons. The number of anilines is 1. The summed E-state index contributed by atoms with van der Waals surface area (Å²) in [6.07, 6.45) is 8.17. The summed E-state index contributed by atoms with van der Waals surface area (Å²) in [5.74, 6) is 0.960. The second-order valence-corrected chi connectivity index (χ2v) is 7.68. The van der Waals surface area contributed by atoms with Crippen LogP contribution >= 0.6 is 24.8 Å². The number of benzene rings is 1. The summed E-state index contributed by atoms with van der Waals surface area (Å²) in [6.45, 7) is 2.27. The van der Waals surface area contributed by atoms with Gasteiger partial charge in [0.15, 0.2) is 0 Å². The van der Waals surface area contributed by atoms with Gasteiger partial charge in [-0.1, -0.05) is 38.0 Å². The lowest BCUT2D eigenvalue weighted by Gasteiger charge is -2.29. The van der Waals surface area contributed by atoms with Gasteiger partial charge >= 0.3 is 0 Å². The molecule has 1 fully saturated rings. The molecule has 0 saturated heterocycles. The average molecular weight is 435 g/mol. The fourth-order valence-electron chi connectivity index (χ4n) is 3.99. The van der Waals surface area contributed by atoms with Gasteiger partial charge in [-0.15, -0.1) is 24.8 Å². The van der Waals surface area contributed by atoms with Gasteiger partial charge in [-0.25, -0.2) is 4.98 Å². The van der Waals surface area contributed by atoms with Gasteiger partial charge in [0, 0.05) is 18.1 Å². The molecule has 1 amide bonds. The first-order valence-electron chi connectivity index (χ1n) is 9.71. The number of amides is 1. The number of rotatable bonds is 4. The maximum atomic E-state index is 12.5. The molecule has 3 N–H and O–H groups in total. The van der Waals surface area contributed by atoms with E-state index >= 15 is 0 Å². The van der Waals surface area contributed by atoms with E-state index in [0.717, 1.165) is 41.4 Å². The van der Waals surface area contributed by atoms with Crippen LogP contribution in [0.3, 0.4) is 0 Å². The van der Waals surface area contributed by atoms with Crippen molar-refractivity contribution in [2.75, 3.05) is 5.32 Å². The van der Waals surface area contributed by atoms with Crippen molar-refractivity contribution in [2.24, 2.45) is 17.6 Å². The average Bonchev–Trinajstić information content (AvgIpc) is 3.17. The number of hydrogen-bond acceptors (Lipinski definition) is 3. The smallest absolute Gasteiger partial charge is 0.241 e. The molecule has 5 nitrogen and oxygen atoms in total. The zero-order chi connectivity index (χ0) is 18.8. The van der Waals surface area contributed by atoms with Crippen LogP contribution in [0.4, 0.5) is 5.69 Å². The maximum absolute atomic E-state index is 12.5. The fourth-order valence-corrected chi connectivity index (χ4v) is 3.99. The van der Waals surface area contributed by atoms with Gasteiger partial charge in [-0.2, -0.15) is 0 Å². The van der Waals surface area contributed by atoms with E-state index in [1.54, 1.807) is 6.20 Å². The Bertz CT molecular complexity index is 933. The molecule has 2 heterocycles. The number of aromatic nitrogens is 2. The molecule has 156 valence electrons. The summed E-state index contributed by atoms with van der Waals surface area (Å²) in [6, 6.07) is 13.5. The van der Waals surface area contributed by atoms with Gasteiger partial charge in [0.1, 0.15) is 5.65 Å². The molecule has 1 saturated carbocycles. The molecule has 1 aliphatic rings. The lowest BCUT2D eigenvalue weighted by Crippen LogP contribution is -2.43. The highest BCUT2D eigenvalue weighted by Gasteiger charge is 2.28. The first-order valence-corrected chi connectivity index (χ1v) is 9.71. The predicted molar refractivity (Wildman–Crippen MR) is 123 cm³/mol. The van der Waals surface area contributed by atoms with Gasteiger partial charge in [0.05, 0.1) is 11.7 Å². The van der Waals surface area contributed by atoms with Crippen molar-refractivity contribution in [1.82, 2.24) is 9.38 Å². The Morgan fingerprint density at radius 3 is 2.48 bits per heavy atom. The van der Waals surface area contributed by atoms with Gasteiger partial charge < -0.3 is 11.1 Å². The van der Waals surface area contributed by atoms with Crippen LogP contribution in [0.25, 0.3) is 16.9 Å². The number of carbonyl (C=O) groups excluding carboxylic acids is 1.